The molecule has 0 fully saturated rings. The summed E-state index contributed by atoms with van der Waals surface area (Å²) in [5.74, 6) is -7.92. The number of halogens is 14. The second kappa shape index (κ2) is 13.0. The number of hydrogen-bond acceptors (Lipinski definition) is 2. The van der Waals surface area contributed by atoms with E-state index in [1.807, 2.05) is 0 Å². The van der Waals surface area contributed by atoms with Crippen molar-refractivity contribution in [3.05, 3.63) is 75.3 Å². The van der Waals surface area contributed by atoms with Crippen LogP contribution >= 0.6 is 11.6 Å². The molecule has 2 rings (SSSR count). The summed E-state index contributed by atoms with van der Waals surface area (Å²) in [6.07, 6.45) is -22.3. The largest absolute Gasteiger partial charge is 0.417 e. The summed E-state index contributed by atoms with van der Waals surface area (Å²) in [7, 11) is 0. The van der Waals surface area contributed by atoms with Crippen LogP contribution in [0.2, 0.25) is 5.02 Å². The van der Waals surface area contributed by atoms with Crippen LogP contribution in [0.5, 0.6) is 0 Å². The zero-order chi connectivity index (χ0) is 33.1. The van der Waals surface area contributed by atoms with Crippen molar-refractivity contribution in [1.29, 1.82) is 0 Å². The average Bonchev–Trinajstić information content (AvgIpc) is 2.81. The van der Waals surface area contributed by atoms with Crippen molar-refractivity contribution in [3.63, 3.8) is 0 Å². The molecule has 2 amide bonds. The van der Waals surface area contributed by atoms with Crippen LogP contribution in [-0.2, 0) is 17.4 Å². The van der Waals surface area contributed by atoms with Gasteiger partial charge in [-0.2, -0.15) is 52.7 Å². The molecule has 238 valence electrons. The molecule has 2 N–H and O–H groups in total. The zero-order valence-electron chi connectivity index (χ0n) is 21.2. The molecule has 0 aromatic heterocycles. The smallest absolute Gasteiger partial charge is 0.345 e. The third-order valence-electron chi connectivity index (χ3n) is 5.46. The van der Waals surface area contributed by atoms with Gasteiger partial charge in [-0.3, -0.25) is 9.59 Å². The second-order valence-electron chi connectivity index (χ2n) is 9.00. The van der Waals surface area contributed by atoms with Gasteiger partial charge in [-0.05, 0) is 48.4 Å². The Morgan fingerprint density at radius 1 is 0.884 bits per heavy atom. The minimum Gasteiger partial charge on any atom is -0.345 e. The monoisotopic (exact) mass is 660 g/mol. The Balaban J connectivity index is 2.48. The highest BCUT2D eigenvalue weighted by atomic mass is 35.5. The van der Waals surface area contributed by atoms with Crippen molar-refractivity contribution in [2.45, 2.75) is 50.0 Å². The number of carbonyl (C=O) groups is 2. The molecular formula is C25H18ClF13N2O2. The van der Waals surface area contributed by atoms with E-state index in [1.54, 1.807) is 5.32 Å². The van der Waals surface area contributed by atoms with E-state index in [0.29, 0.717) is 24.3 Å². The molecule has 0 saturated carbocycles. The highest BCUT2D eigenvalue weighted by molar-refractivity contribution is 6.30. The third kappa shape index (κ3) is 10.9. The molecule has 4 nitrogen and oxygen atoms in total. The third-order valence-corrected chi connectivity index (χ3v) is 5.68. The highest BCUT2D eigenvalue weighted by Gasteiger charge is 2.41. The molecule has 2 aromatic carbocycles. The normalized spacial score (nSPS) is 14.7. The molecule has 2 atom stereocenters. The van der Waals surface area contributed by atoms with Crippen LogP contribution in [0.1, 0.15) is 45.5 Å². The Morgan fingerprint density at radius 2 is 1.49 bits per heavy atom. The van der Waals surface area contributed by atoms with E-state index in [-0.39, 0.29) is 12.1 Å². The number of amides is 2. The molecule has 0 spiro atoms. The molecule has 0 aliphatic heterocycles. The van der Waals surface area contributed by atoms with Gasteiger partial charge in [0.05, 0.1) is 17.5 Å². The van der Waals surface area contributed by atoms with Crippen molar-refractivity contribution in [2.75, 3.05) is 6.54 Å². The van der Waals surface area contributed by atoms with Crippen LogP contribution < -0.4 is 10.6 Å². The van der Waals surface area contributed by atoms with Crippen molar-refractivity contribution < 1.29 is 66.7 Å². The van der Waals surface area contributed by atoms with Gasteiger partial charge in [0.2, 0.25) is 5.91 Å². The second-order valence-corrected chi connectivity index (χ2v) is 9.44. The number of benzene rings is 2. The van der Waals surface area contributed by atoms with Crippen molar-refractivity contribution >= 4 is 29.2 Å². The van der Waals surface area contributed by atoms with Gasteiger partial charge in [-0.1, -0.05) is 23.7 Å². The minimum absolute atomic E-state index is 0.0321. The summed E-state index contributed by atoms with van der Waals surface area (Å²) < 4.78 is 173. The molecule has 0 heterocycles. The van der Waals surface area contributed by atoms with Gasteiger partial charge >= 0.3 is 24.7 Å². The quantitative estimate of drug-likeness (QED) is 0.283. The first-order valence-electron chi connectivity index (χ1n) is 11.5. The van der Waals surface area contributed by atoms with E-state index in [0.717, 1.165) is 13.0 Å². The SMILES string of the molecule is CC(NC(=O)c1ccc(/C(F)=C/C(c2cc(Cl)cc(CC(F)(F)F)c2)C(F)(F)F)cc1C(F)(F)F)C(=O)NCC(F)(F)F. The predicted molar refractivity (Wildman–Crippen MR) is 127 cm³/mol. The summed E-state index contributed by atoms with van der Waals surface area (Å²) >= 11 is 5.65. The summed E-state index contributed by atoms with van der Waals surface area (Å²) in [4.78, 5) is 24.1. The topological polar surface area (TPSA) is 58.2 Å². The fourth-order valence-corrected chi connectivity index (χ4v) is 3.88. The van der Waals surface area contributed by atoms with Gasteiger partial charge in [0, 0.05) is 10.6 Å². The number of nitrogens with one attached hydrogen (secondary N) is 2. The first kappa shape index (κ1) is 35.7. The molecule has 2 unspecified atom stereocenters. The molecule has 0 radical (unpaired) electrons. The fourth-order valence-electron chi connectivity index (χ4n) is 3.62. The Labute approximate surface area is 238 Å². The Hall–Kier alpha value is -3.50. The van der Waals surface area contributed by atoms with Gasteiger partial charge in [0.15, 0.2) is 0 Å². The molecular weight excluding hydrogens is 643 g/mol. The summed E-state index contributed by atoms with van der Waals surface area (Å²) in [6.45, 7) is -0.960. The molecule has 0 aliphatic carbocycles. The average molecular weight is 661 g/mol. The van der Waals surface area contributed by atoms with E-state index in [9.17, 15) is 62.3 Å². The zero-order valence-corrected chi connectivity index (χ0v) is 22.0. The van der Waals surface area contributed by atoms with Gasteiger partial charge in [0.25, 0.3) is 5.91 Å². The lowest BCUT2D eigenvalue weighted by molar-refractivity contribution is -0.140. The lowest BCUT2D eigenvalue weighted by atomic mass is 9.93. The van der Waals surface area contributed by atoms with Crippen molar-refractivity contribution in [1.82, 2.24) is 10.6 Å². The van der Waals surface area contributed by atoms with Crippen LogP contribution in [0, 0.1) is 0 Å². The lowest BCUT2D eigenvalue weighted by Gasteiger charge is -2.20. The maximum atomic E-state index is 15.0. The first-order valence-corrected chi connectivity index (χ1v) is 11.9. The Morgan fingerprint density at radius 3 is 2.00 bits per heavy atom. The maximum absolute atomic E-state index is 15.0. The maximum Gasteiger partial charge on any atom is 0.417 e. The van der Waals surface area contributed by atoms with Gasteiger partial charge in [0.1, 0.15) is 24.3 Å². The van der Waals surface area contributed by atoms with Gasteiger partial charge in [-0.25, -0.2) is 4.39 Å². The summed E-state index contributed by atoms with van der Waals surface area (Å²) in [5, 5.41) is 2.56. The first-order chi connectivity index (χ1) is 19.4. The highest BCUT2D eigenvalue weighted by Crippen LogP contribution is 2.41. The van der Waals surface area contributed by atoms with Crippen molar-refractivity contribution in [2.24, 2.45) is 0 Å². The van der Waals surface area contributed by atoms with Crippen molar-refractivity contribution in [3.8, 4) is 0 Å². The molecule has 43 heavy (non-hydrogen) atoms. The fraction of sp³-hybridized carbons (Fsp3) is 0.360. The van der Waals surface area contributed by atoms with E-state index in [2.05, 4.69) is 0 Å². The van der Waals surface area contributed by atoms with Crippen LogP contribution in [0.25, 0.3) is 5.83 Å². The summed E-state index contributed by atoms with van der Waals surface area (Å²) in [5.41, 5.74) is -5.90. The lowest BCUT2D eigenvalue weighted by Crippen LogP contribution is -2.47. The Kier molecular flexibility index (Phi) is 10.8. The molecule has 0 aliphatic rings. The number of carbonyl (C=O) groups excluding carboxylic acids is 2. The molecule has 0 bridgehead atoms. The number of alkyl halides is 12. The van der Waals surface area contributed by atoms with Crippen LogP contribution in [0.4, 0.5) is 57.1 Å². The van der Waals surface area contributed by atoms with E-state index < -0.39 is 100 Å². The molecule has 2 aromatic rings. The number of rotatable bonds is 8. The summed E-state index contributed by atoms with van der Waals surface area (Å²) in [6, 6.07) is 0.809. The van der Waals surface area contributed by atoms with E-state index >= 15 is 4.39 Å². The molecule has 18 heteroatoms. The van der Waals surface area contributed by atoms with Gasteiger partial charge in [-0.15, -0.1) is 0 Å². The van der Waals surface area contributed by atoms with Gasteiger partial charge < -0.3 is 10.6 Å². The molecule has 0 saturated heterocycles. The van der Waals surface area contributed by atoms with Crippen LogP contribution in [0.3, 0.4) is 0 Å². The number of allylic oxidation sites excluding steroid dienone is 1. The van der Waals surface area contributed by atoms with Crippen LogP contribution in [-0.4, -0.2) is 42.9 Å². The van der Waals surface area contributed by atoms with E-state index in [1.165, 1.54) is 5.32 Å². The minimum atomic E-state index is -5.42. The van der Waals surface area contributed by atoms with E-state index in [4.69, 9.17) is 11.6 Å². The number of hydrogen-bond donors (Lipinski definition) is 2. The Bertz CT molecular complexity index is 1360. The van der Waals surface area contributed by atoms with Crippen LogP contribution in [0.15, 0.2) is 42.5 Å². The predicted octanol–water partition coefficient (Wildman–Crippen LogP) is 7.92. The standard InChI is InChI=1S/C25H18ClF13N2O2/c1-11(20(42)40-10-23(31,32)33)41-21(43)16-3-2-13(7-18(16)25(37,38)39)19(27)8-17(24(34,35)36)14-4-12(5-15(26)6-14)9-22(28,29)30/h2-8,11,17H,9-10H2,1H3,(H,40,42)(H,41,43)/b19-8-.